The van der Waals surface area contributed by atoms with Crippen LogP contribution in [0.1, 0.15) is 245 Å². The first-order valence-electron chi connectivity index (χ1n) is 25.4. The van der Waals surface area contributed by atoms with Crippen LogP contribution < -0.4 is 5.32 Å². The molecular formula is C50H97NO8. The van der Waals surface area contributed by atoms with Crippen LogP contribution in [0.4, 0.5) is 0 Å². The second-order valence-electron chi connectivity index (χ2n) is 18.0. The number of nitrogens with one attached hydrogen (secondary N) is 1. The molecule has 0 radical (unpaired) electrons. The molecule has 350 valence electrons. The summed E-state index contributed by atoms with van der Waals surface area (Å²) in [6.45, 7) is 3.78. The molecule has 1 aliphatic rings. The molecule has 1 saturated heterocycles. The minimum absolute atomic E-state index is 0.173. The van der Waals surface area contributed by atoms with Crippen molar-refractivity contribution in [3.63, 3.8) is 0 Å². The standard InChI is InChI=1S/C50H97NO8/c1-3-5-7-9-11-13-15-16-17-18-19-20-21-22-23-24-25-26-27-28-30-32-34-36-38-40-46(54)51-43(42-58-50-49(57)48(56)47(55)45(41-52)59-50)44(53)39-37-35-33-31-29-14-12-10-8-6-4-2/h37,39,43-45,47-50,52-53,55-57H,3-36,38,40-42H2,1-2H3,(H,51,54)/b39-37+. The number of carbonyl (C=O) groups is 1. The lowest BCUT2D eigenvalue weighted by molar-refractivity contribution is -0.302. The van der Waals surface area contributed by atoms with Gasteiger partial charge < -0.3 is 40.3 Å². The molecule has 1 aliphatic heterocycles. The van der Waals surface area contributed by atoms with Crippen molar-refractivity contribution in [3.05, 3.63) is 12.2 Å². The highest BCUT2D eigenvalue weighted by Crippen LogP contribution is 2.23. The van der Waals surface area contributed by atoms with E-state index in [0.717, 1.165) is 38.5 Å². The fourth-order valence-electron chi connectivity index (χ4n) is 8.28. The van der Waals surface area contributed by atoms with E-state index in [1.54, 1.807) is 6.08 Å². The van der Waals surface area contributed by atoms with E-state index in [-0.39, 0.29) is 12.5 Å². The maximum Gasteiger partial charge on any atom is 0.220 e. The zero-order valence-corrected chi connectivity index (χ0v) is 38.5. The molecule has 0 bridgehead atoms. The number of amides is 1. The summed E-state index contributed by atoms with van der Waals surface area (Å²) in [4.78, 5) is 13.0. The van der Waals surface area contributed by atoms with Crippen molar-refractivity contribution in [1.82, 2.24) is 5.32 Å². The molecule has 0 aromatic heterocycles. The lowest BCUT2D eigenvalue weighted by atomic mass is 9.99. The Kier molecular flexibility index (Phi) is 38.9. The first-order valence-corrected chi connectivity index (χ1v) is 25.4. The maximum atomic E-state index is 13.0. The number of aliphatic hydroxyl groups is 5. The van der Waals surface area contributed by atoms with E-state index in [2.05, 4.69) is 19.2 Å². The Labute approximate surface area is 363 Å². The first-order chi connectivity index (χ1) is 28.8. The third kappa shape index (κ3) is 31.4. The minimum Gasteiger partial charge on any atom is -0.394 e. The molecule has 7 atom stereocenters. The summed E-state index contributed by atoms with van der Waals surface area (Å²) in [7, 11) is 0. The van der Waals surface area contributed by atoms with E-state index in [1.807, 2.05) is 6.08 Å². The van der Waals surface area contributed by atoms with Crippen LogP contribution in [0.2, 0.25) is 0 Å². The normalized spacial score (nSPS) is 20.7. The summed E-state index contributed by atoms with van der Waals surface area (Å²) < 4.78 is 11.2. The Morgan fingerprint density at radius 3 is 1.32 bits per heavy atom. The number of allylic oxidation sites excluding steroid dienone is 1. The number of unbranched alkanes of at least 4 members (excludes halogenated alkanes) is 33. The van der Waals surface area contributed by atoms with Crippen LogP contribution in [0.25, 0.3) is 0 Å². The van der Waals surface area contributed by atoms with Crippen molar-refractivity contribution >= 4 is 5.91 Å². The second-order valence-corrected chi connectivity index (χ2v) is 18.0. The quantitative estimate of drug-likeness (QED) is 0.0263. The van der Waals surface area contributed by atoms with Crippen molar-refractivity contribution in [1.29, 1.82) is 0 Å². The number of hydrogen-bond donors (Lipinski definition) is 6. The van der Waals surface area contributed by atoms with Crippen LogP contribution >= 0.6 is 0 Å². The van der Waals surface area contributed by atoms with Crippen molar-refractivity contribution in [2.45, 2.75) is 288 Å². The largest absolute Gasteiger partial charge is 0.394 e. The highest BCUT2D eigenvalue weighted by atomic mass is 16.7. The molecule has 0 aliphatic carbocycles. The molecule has 0 saturated carbocycles. The van der Waals surface area contributed by atoms with E-state index in [9.17, 15) is 30.3 Å². The minimum atomic E-state index is -1.56. The average Bonchev–Trinajstić information content (AvgIpc) is 3.23. The van der Waals surface area contributed by atoms with Crippen LogP contribution in [0.5, 0.6) is 0 Å². The van der Waals surface area contributed by atoms with Gasteiger partial charge in [-0.3, -0.25) is 4.79 Å². The van der Waals surface area contributed by atoms with Crippen LogP contribution in [0.15, 0.2) is 12.2 Å². The summed E-state index contributed by atoms with van der Waals surface area (Å²) in [5, 5.41) is 54.2. The van der Waals surface area contributed by atoms with Gasteiger partial charge in [-0.05, 0) is 19.3 Å². The van der Waals surface area contributed by atoms with Crippen molar-refractivity contribution in [2.75, 3.05) is 13.2 Å². The predicted molar refractivity (Wildman–Crippen MR) is 244 cm³/mol. The highest BCUT2D eigenvalue weighted by Gasteiger charge is 2.44. The summed E-state index contributed by atoms with van der Waals surface area (Å²) in [5.41, 5.74) is 0. The van der Waals surface area contributed by atoms with Crippen LogP contribution in [0.3, 0.4) is 0 Å². The summed E-state index contributed by atoms with van der Waals surface area (Å²) in [6, 6.07) is -0.798. The molecular weight excluding hydrogens is 743 g/mol. The molecule has 0 aromatic rings. The first kappa shape index (κ1) is 55.9. The topological polar surface area (TPSA) is 149 Å². The van der Waals surface area contributed by atoms with Crippen LogP contribution in [-0.2, 0) is 14.3 Å². The van der Waals surface area contributed by atoms with Gasteiger partial charge in [-0.1, -0.05) is 231 Å². The number of hydrogen-bond acceptors (Lipinski definition) is 8. The number of ether oxygens (including phenoxy) is 2. The molecule has 6 N–H and O–H groups in total. The molecule has 1 rings (SSSR count). The molecule has 0 spiro atoms. The Morgan fingerprint density at radius 2 is 0.932 bits per heavy atom. The van der Waals surface area contributed by atoms with Gasteiger partial charge in [-0.15, -0.1) is 0 Å². The molecule has 1 heterocycles. The molecule has 1 amide bonds. The molecule has 9 nitrogen and oxygen atoms in total. The van der Waals surface area contributed by atoms with Gasteiger partial charge in [0.1, 0.15) is 24.4 Å². The molecule has 59 heavy (non-hydrogen) atoms. The number of aliphatic hydroxyl groups excluding tert-OH is 5. The third-order valence-corrected chi connectivity index (χ3v) is 12.4. The van der Waals surface area contributed by atoms with E-state index in [4.69, 9.17) is 9.47 Å². The Hall–Kier alpha value is -1.07. The van der Waals surface area contributed by atoms with E-state index in [0.29, 0.717) is 6.42 Å². The van der Waals surface area contributed by atoms with Crippen molar-refractivity contribution < 1.29 is 39.8 Å². The van der Waals surface area contributed by atoms with Gasteiger partial charge in [0.05, 0.1) is 25.4 Å². The van der Waals surface area contributed by atoms with Gasteiger partial charge in [-0.2, -0.15) is 0 Å². The molecule has 0 aromatic carbocycles. The van der Waals surface area contributed by atoms with Crippen LogP contribution in [-0.4, -0.2) is 87.5 Å². The van der Waals surface area contributed by atoms with Crippen molar-refractivity contribution in [3.8, 4) is 0 Å². The highest BCUT2D eigenvalue weighted by molar-refractivity contribution is 5.76. The van der Waals surface area contributed by atoms with E-state index in [1.165, 1.54) is 186 Å². The SMILES string of the molecule is CCCCCCCCCCC/C=C/C(O)C(COC1OC(CO)C(O)C(O)C1O)NC(=O)CCCCCCCCCCCCCCCCCCCCCCCCCCC. The van der Waals surface area contributed by atoms with Gasteiger partial charge >= 0.3 is 0 Å². The Balaban J connectivity index is 2.19. The van der Waals surface area contributed by atoms with Crippen LogP contribution in [0, 0.1) is 0 Å². The fourth-order valence-corrected chi connectivity index (χ4v) is 8.28. The average molecular weight is 840 g/mol. The molecule has 7 unspecified atom stereocenters. The van der Waals surface area contributed by atoms with Gasteiger partial charge in [0.25, 0.3) is 0 Å². The zero-order chi connectivity index (χ0) is 43.0. The monoisotopic (exact) mass is 840 g/mol. The van der Waals surface area contributed by atoms with Gasteiger partial charge in [0, 0.05) is 6.42 Å². The third-order valence-electron chi connectivity index (χ3n) is 12.4. The molecule has 1 fully saturated rings. The molecule has 9 heteroatoms. The lowest BCUT2D eigenvalue weighted by Gasteiger charge is -2.40. The van der Waals surface area contributed by atoms with Crippen molar-refractivity contribution in [2.24, 2.45) is 0 Å². The Morgan fingerprint density at radius 1 is 0.559 bits per heavy atom. The smallest absolute Gasteiger partial charge is 0.220 e. The summed E-state index contributed by atoms with van der Waals surface area (Å²) >= 11 is 0. The van der Waals surface area contributed by atoms with E-state index < -0.39 is 49.5 Å². The Bertz CT molecular complexity index is 935. The second kappa shape index (κ2) is 41.0. The van der Waals surface area contributed by atoms with Gasteiger partial charge in [-0.25, -0.2) is 0 Å². The summed E-state index contributed by atoms with van der Waals surface area (Å²) in [5.74, 6) is -0.173. The summed E-state index contributed by atoms with van der Waals surface area (Å²) in [6.07, 6.45) is 41.3. The lowest BCUT2D eigenvalue weighted by Crippen LogP contribution is -2.60. The predicted octanol–water partition coefficient (Wildman–Crippen LogP) is 11.3. The fraction of sp³-hybridized carbons (Fsp3) is 0.940. The van der Waals surface area contributed by atoms with Gasteiger partial charge in [0.15, 0.2) is 6.29 Å². The van der Waals surface area contributed by atoms with Gasteiger partial charge in [0.2, 0.25) is 5.91 Å². The number of rotatable bonds is 43. The van der Waals surface area contributed by atoms with E-state index >= 15 is 0 Å². The number of carbonyl (C=O) groups excluding carboxylic acids is 1. The maximum absolute atomic E-state index is 13.0. The zero-order valence-electron chi connectivity index (χ0n) is 38.5.